The highest BCUT2D eigenvalue weighted by molar-refractivity contribution is 5.47. The third kappa shape index (κ3) is 3.23. The normalized spacial score (nSPS) is 24.0. The van der Waals surface area contributed by atoms with E-state index in [0.717, 1.165) is 17.2 Å². The van der Waals surface area contributed by atoms with E-state index in [1.54, 1.807) is 0 Å². The summed E-state index contributed by atoms with van der Waals surface area (Å²) in [5, 5.41) is 12.3. The fourth-order valence-corrected chi connectivity index (χ4v) is 2.59. The van der Waals surface area contributed by atoms with Crippen LogP contribution in [0.2, 0.25) is 0 Å². The van der Waals surface area contributed by atoms with E-state index in [0.29, 0.717) is 6.04 Å². The molecule has 0 saturated heterocycles. The first-order valence-electron chi connectivity index (χ1n) is 6.58. The molecule has 1 aliphatic rings. The predicted octanol–water partition coefficient (Wildman–Crippen LogP) is 3.94. The van der Waals surface area contributed by atoms with Crippen LogP contribution >= 0.6 is 0 Å². The van der Waals surface area contributed by atoms with E-state index in [9.17, 15) is 0 Å². The maximum absolute atomic E-state index is 8.74. The van der Waals surface area contributed by atoms with E-state index < -0.39 is 0 Å². The smallest absolute Gasteiger partial charge is 0.0991 e. The Balaban J connectivity index is 1.87. The minimum atomic E-state index is 0.616. The minimum absolute atomic E-state index is 0.616. The summed E-state index contributed by atoms with van der Waals surface area (Å²) in [6, 6.07) is 10.5. The molecule has 1 aromatic rings. The predicted molar refractivity (Wildman–Crippen MR) is 70.8 cm³/mol. The third-order valence-corrected chi connectivity index (χ3v) is 3.81. The van der Waals surface area contributed by atoms with Crippen molar-refractivity contribution in [2.45, 2.75) is 45.1 Å². The number of anilines is 1. The Morgan fingerprint density at radius 1 is 1.18 bits per heavy atom. The first kappa shape index (κ1) is 12.0. The molecule has 2 nitrogen and oxygen atoms in total. The minimum Gasteiger partial charge on any atom is -0.382 e. The van der Waals surface area contributed by atoms with Crippen molar-refractivity contribution in [2.24, 2.45) is 5.92 Å². The fraction of sp³-hybridized carbons (Fsp3) is 0.533. The van der Waals surface area contributed by atoms with Gasteiger partial charge in [0.15, 0.2) is 0 Å². The number of hydrogen-bond acceptors (Lipinski definition) is 2. The van der Waals surface area contributed by atoms with Gasteiger partial charge >= 0.3 is 0 Å². The summed E-state index contributed by atoms with van der Waals surface area (Å²) in [5.74, 6) is 0.939. The second kappa shape index (κ2) is 5.72. The van der Waals surface area contributed by atoms with E-state index in [2.05, 4.69) is 18.3 Å². The van der Waals surface area contributed by atoms with Crippen LogP contribution < -0.4 is 5.32 Å². The highest BCUT2D eigenvalue weighted by Gasteiger charge is 2.19. The maximum Gasteiger partial charge on any atom is 0.0991 e. The molecule has 1 saturated carbocycles. The number of rotatable bonds is 3. The van der Waals surface area contributed by atoms with E-state index in [-0.39, 0.29) is 0 Å². The van der Waals surface area contributed by atoms with Gasteiger partial charge in [-0.05, 0) is 55.9 Å². The van der Waals surface area contributed by atoms with Crippen molar-refractivity contribution in [2.75, 3.05) is 5.32 Å². The second-order valence-electron chi connectivity index (χ2n) is 4.96. The molecule has 1 fully saturated rings. The van der Waals surface area contributed by atoms with Crippen LogP contribution in [0.25, 0.3) is 0 Å². The van der Waals surface area contributed by atoms with Gasteiger partial charge in [0.05, 0.1) is 11.6 Å². The van der Waals surface area contributed by atoms with Gasteiger partial charge < -0.3 is 5.32 Å². The zero-order valence-corrected chi connectivity index (χ0v) is 10.4. The molecule has 90 valence electrons. The van der Waals surface area contributed by atoms with Gasteiger partial charge in [-0.1, -0.05) is 13.3 Å². The van der Waals surface area contributed by atoms with Crippen molar-refractivity contribution >= 4 is 5.69 Å². The van der Waals surface area contributed by atoms with E-state index in [1.807, 2.05) is 24.3 Å². The highest BCUT2D eigenvalue weighted by Crippen LogP contribution is 2.28. The Bertz CT molecular complexity index is 380. The number of hydrogen-bond donors (Lipinski definition) is 1. The number of nitrogens with one attached hydrogen (secondary N) is 1. The lowest BCUT2D eigenvalue weighted by atomic mass is 9.84. The summed E-state index contributed by atoms with van der Waals surface area (Å²) in [6.45, 7) is 2.29. The van der Waals surface area contributed by atoms with E-state index in [1.165, 1.54) is 32.1 Å². The van der Waals surface area contributed by atoms with Crippen LogP contribution in [-0.4, -0.2) is 6.04 Å². The molecule has 0 heterocycles. The molecule has 2 rings (SSSR count). The first-order valence-corrected chi connectivity index (χ1v) is 6.58. The molecule has 0 unspecified atom stereocenters. The molecule has 0 amide bonds. The van der Waals surface area contributed by atoms with Crippen molar-refractivity contribution in [1.29, 1.82) is 5.26 Å². The molecule has 1 aromatic carbocycles. The summed E-state index contributed by atoms with van der Waals surface area (Å²) >= 11 is 0. The Morgan fingerprint density at radius 3 is 2.35 bits per heavy atom. The van der Waals surface area contributed by atoms with E-state index >= 15 is 0 Å². The molecule has 2 heteroatoms. The largest absolute Gasteiger partial charge is 0.382 e. The van der Waals surface area contributed by atoms with Crippen LogP contribution in [0.15, 0.2) is 24.3 Å². The Morgan fingerprint density at radius 2 is 1.82 bits per heavy atom. The SMILES string of the molecule is CCC1CCC(Nc2ccc(C#N)cc2)CC1. The zero-order valence-electron chi connectivity index (χ0n) is 10.4. The summed E-state index contributed by atoms with van der Waals surface area (Å²) in [7, 11) is 0. The summed E-state index contributed by atoms with van der Waals surface area (Å²) in [4.78, 5) is 0. The topological polar surface area (TPSA) is 35.8 Å². The molecular formula is C15H20N2. The Kier molecular flexibility index (Phi) is 4.03. The number of nitrogens with zero attached hydrogens (tertiary/aromatic N) is 1. The van der Waals surface area contributed by atoms with Gasteiger partial charge in [0.25, 0.3) is 0 Å². The molecule has 17 heavy (non-hydrogen) atoms. The fourth-order valence-electron chi connectivity index (χ4n) is 2.59. The van der Waals surface area contributed by atoms with Gasteiger partial charge in [0.1, 0.15) is 0 Å². The van der Waals surface area contributed by atoms with E-state index in [4.69, 9.17) is 5.26 Å². The van der Waals surface area contributed by atoms with Gasteiger partial charge in [0, 0.05) is 11.7 Å². The van der Waals surface area contributed by atoms with Crippen LogP contribution in [0, 0.1) is 17.2 Å². The van der Waals surface area contributed by atoms with Gasteiger partial charge in [-0.15, -0.1) is 0 Å². The van der Waals surface area contributed by atoms with Crippen LogP contribution in [0.4, 0.5) is 5.69 Å². The second-order valence-corrected chi connectivity index (χ2v) is 4.96. The Labute approximate surface area is 104 Å². The van der Waals surface area contributed by atoms with Gasteiger partial charge in [-0.2, -0.15) is 5.26 Å². The van der Waals surface area contributed by atoms with Crippen molar-refractivity contribution in [3.63, 3.8) is 0 Å². The first-order chi connectivity index (χ1) is 8.31. The molecule has 0 radical (unpaired) electrons. The molecule has 0 spiro atoms. The number of nitriles is 1. The molecule has 0 aliphatic heterocycles. The molecule has 1 N–H and O–H groups in total. The van der Waals surface area contributed by atoms with Crippen molar-refractivity contribution in [3.05, 3.63) is 29.8 Å². The standard InChI is InChI=1S/C15H20N2/c1-2-12-3-7-14(8-4-12)17-15-9-5-13(11-16)6-10-15/h5-6,9-10,12,14,17H,2-4,7-8H2,1H3. The van der Waals surface area contributed by atoms with Crippen LogP contribution in [-0.2, 0) is 0 Å². The van der Waals surface area contributed by atoms with Crippen LogP contribution in [0.5, 0.6) is 0 Å². The molecule has 0 aromatic heterocycles. The molecular weight excluding hydrogens is 208 g/mol. The summed E-state index contributed by atoms with van der Waals surface area (Å²) < 4.78 is 0. The monoisotopic (exact) mass is 228 g/mol. The lowest BCUT2D eigenvalue weighted by Crippen LogP contribution is -2.25. The maximum atomic E-state index is 8.74. The lowest BCUT2D eigenvalue weighted by Gasteiger charge is -2.29. The highest BCUT2D eigenvalue weighted by atomic mass is 14.9. The zero-order chi connectivity index (χ0) is 12.1. The lowest BCUT2D eigenvalue weighted by molar-refractivity contribution is 0.330. The van der Waals surface area contributed by atoms with Crippen molar-refractivity contribution in [3.8, 4) is 6.07 Å². The average Bonchev–Trinajstić information content (AvgIpc) is 2.40. The van der Waals surface area contributed by atoms with Gasteiger partial charge in [-0.25, -0.2) is 0 Å². The van der Waals surface area contributed by atoms with Crippen molar-refractivity contribution < 1.29 is 0 Å². The summed E-state index contributed by atoms with van der Waals surface area (Å²) in [6.07, 6.45) is 6.58. The molecule has 0 atom stereocenters. The van der Waals surface area contributed by atoms with Gasteiger partial charge in [0.2, 0.25) is 0 Å². The van der Waals surface area contributed by atoms with Gasteiger partial charge in [-0.3, -0.25) is 0 Å². The number of benzene rings is 1. The quantitative estimate of drug-likeness (QED) is 0.850. The average molecular weight is 228 g/mol. The molecule has 1 aliphatic carbocycles. The van der Waals surface area contributed by atoms with Crippen LogP contribution in [0.3, 0.4) is 0 Å². The Hall–Kier alpha value is -1.49. The third-order valence-electron chi connectivity index (χ3n) is 3.81. The van der Waals surface area contributed by atoms with Crippen LogP contribution in [0.1, 0.15) is 44.6 Å². The molecule has 0 bridgehead atoms. The summed E-state index contributed by atoms with van der Waals surface area (Å²) in [5.41, 5.74) is 1.87. The van der Waals surface area contributed by atoms with Crippen molar-refractivity contribution in [1.82, 2.24) is 0 Å².